The lowest BCUT2D eigenvalue weighted by molar-refractivity contribution is -0.00938. The maximum atomic E-state index is 11.5. The second-order valence-electron chi connectivity index (χ2n) is 4.46. The van der Waals surface area contributed by atoms with Crippen LogP contribution in [0.15, 0.2) is 10.9 Å². The Morgan fingerprint density at radius 2 is 2.19 bits per heavy atom. The number of aromatic amines is 1. The molecule has 1 unspecified atom stereocenters. The van der Waals surface area contributed by atoms with E-state index in [1.807, 2.05) is 27.7 Å². The molecule has 1 atom stereocenters. The molecular weight excluding hydrogens is 204 g/mol. The zero-order valence-electron chi connectivity index (χ0n) is 10.6. The van der Waals surface area contributed by atoms with Gasteiger partial charge < -0.3 is 9.72 Å². The number of aromatic nitrogens is 2. The quantitative estimate of drug-likeness (QED) is 0.852. The second-order valence-corrected chi connectivity index (χ2v) is 4.46. The maximum Gasteiger partial charge on any atom is 0.251 e. The van der Waals surface area contributed by atoms with Gasteiger partial charge in [-0.05, 0) is 19.3 Å². The van der Waals surface area contributed by atoms with Gasteiger partial charge in [0.25, 0.3) is 5.56 Å². The van der Waals surface area contributed by atoms with Crippen LogP contribution in [0.25, 0.3) is 0 Å². The molecule has 1 aromatic rings. The van der Waals surface area contributed by atoms with Gasteiger partial charge >= 0.3 is 0 Å². The predicted octanol–water partition coefficient (Wildman–Crippen LogP) is 2.16. The molecule has 16 heavy (non-hydrogen) atoms. The third-order valence-electron chi connectivity index (χ3n) is 2.98. The van der Waals surface area contributed by atoms with E-state index in [9.17, 15) is 4.79 Å². The van der Waals surface area contributed by atoms with Crippen LogP contribution >= 0.6 is 0 Å². The second kappa shape index (κ2) is 4.78. The fraction of sp³-hybridized carbons (Fsp3) is 0.667. The highest BCUT2D eigenvalue weighted by atomic mass is 16.5. The van der Waals surface area contributed by atoms with Crippen molar-refractivity contribution in [2.24, 2.45) is 0 Å². The first-order valence-corrected chi connectivity index (χ1v) is 5.60. The maximum absolute atomic E-state index is 11.5. The average molecular weight is 224 g/mol. The Morgan fingerprint density at radius 1 is 1.56 bits per heavy atom. The Balaban J connectivity index is 3.29. The van der Waals surface area contributed by atoms with Crippen LogP contribution in [0.1, 0.15) is 51.6 Å². The normalized spacial score (nSPS) is 15.1. The molecule has 1 aromatic heterocycles. The van der Waals surface area contributed by atoms with E-state index < -0.39 is 5.60 Å². The first kappa shape index (κ1) is 12.9. The molecule has 0 aliphatic carbocycles. The summed E-state index contributed by atoms with van der Waals surface area (Å²) in [6, 6.07) is 1.54. The van der Waals surface area contributed by atoms with E-state index in [0.717, 1.165) is 12.1 Å². The van der Waals surface area contributed by atoms with Gasteiger partial charge in [0.2, 0.25) is 0 Å². The number of nitrogens with zero attached hydrogens (tertiary/aromatic N) is 1. The highest BCUT2D eigenvalue weighted by Gasteiger charge is 2.27. The highest BCUT2D eigenvalue weighted by molar-refractivity contribution is 5.10. The summed E-state index contributed by atoms with van der Waals surface area (Å²) in [5.41, 5.74) is 0.158. The third-order valence-corrected chi connectivity index (χ3v) is 2.98. The van der Waals surface area contributed by atoms with Crippen LogP contribution in [0.2, 0.25) is 0 Å². The first-order chi connectivity index (χ1) is 7.42. The lowest BCUT2D eigenvalue weighted by Crippen LogP contribution is -2.30. The van der Waals surface area contributed by atoms with Crippen molar-refractivity contribution in [1.29, 1.82) is 0 Å². The zero-order valence-corrected chi connectivity index (χ0v) is 10.6. The smallest absolute Gasteiger partial charge is 0.251 e. The zero-order chi connectivity index (χ0) is 12.3. The third kappa shape index (κ3) is 2.50. The van der Waals surface area contributed by atoms with Crippen molar-refractivity contribution < 1.29 is 4.74 Å². The van der Waals surface area contributed by atoms with Gasteiger partial charge in [0.15, 0.2) is 0 Å². The molecule has 1 N–H and O–H groups in total. The molecule has 0 radical (unpaired) electrons. The monoisotopic (exact) mass is 224 g/mol. The van der Waals surface area contributed by atoms with E-state index >= 15 is 0 Å². The largest absolute Gasteiger partial charge is 0.371 e. The van der Waals surface area contributed by atoms with E-state index in [4.69, 9.17) is 4.74 Å². The number of ether oxygens (including phenoxy) is 1. The molecule has 0 saturated heterocycles. The van der Waals surface area contributed by atoms with Gasteiger partial charge in [-0.1, -0.05) is 20.8 Å². The van der Waals surface area contributed by atoms with Crippen molar-refractivity contribution in [3.05, 3.63) is 27.9 Å². The minimum atomic E-state index is -0.524. The Hall–Kier alpha value is -1.16. The first-order valence-electron chi connectivity index (χ1n) is 5.60. The van der Waals surface area contributed by atoms with Crippen molar-refractivity contribution in [2.75, 3.05) is 7.11 Å². The molecule has 4 heteroatoms. The van der Waals surface area contributed by atoms with Gasteiger partial charge in [-0.15, -0.1) is 0 Å². The minimum Gasteiger partial charge on any atom is -0.371 e. The number of methoxy groups -OCH3 is 1. The summed E-state index contributed by atoms with van der Waals surface area (Å²) in [6.45, 7) is 7.96. The van der Waals surface area contributed by atoms with Crippen molar-refractivity contribution in [3.63, 3.8) is 0 Å². The lowest BCUT2D eigenvalue weighted by Gasteiger charge is -2.25. The van der Waals surface area contributed by atoms with Gasteiger partial charge in [0.1, 0.15) is 11.4 Å². The molecule has 0 aliphatic rings. The van der Waals surface area contributed by atoms with E-state index in [0.29, 0.717) is 5.82 Å². The summed E-state index contributed by atoms with van der Waals surface area (Å²) in [5.74, 6) is 0.840. The van der Waals surface area contributed by atoms with Gasteiger partial charge in [-0.25, -0.2) is 4.98 Å². The van der Waals surface area contributed by atoms with Crippen LogP contribution in [-0.2, 0) is 10.3 Å². The van der Waals surface area contributed by atoms with Gasteiger partial charge in [0.05, 0.1) is 5.69 Å². The highest BCUT2D eigenvalue weighted by Crippen LogP contribution is 2.25. The topological polar surface area (TPSA) is 55.0 Å². The average Bonchev–Trinajstić information content (AvgIpc) is 2.27. The molecule has 0 bridgehead atoms. The molecule has 4 nitrogen and oxygen atoms in total. The van der Waals surface area contributed by atoms with Crippen molar-refractivity contribution in [2.45, 2.75) is 45.6 Å². The number of rotatable bonds is 4. The van der Waals surface area contributed by atoms with Gasteiger partial charge in [-0.3, -0.25) is 4.79 Å². The standard InChI is InChI=1S/C12H20N2O2/c1-6-12(4,16-5)11-13-9(8(2)3)7-10(15)14-11/h7-8H,6H2,1-5H3,(H,13,14,15). The van der Waals surface area contributed by atoms with Crippen LogP contribution in [-0.4, -0.2) is 17.1 Å². The molecule has 0 saturated carbocycles. The predicted molar refractivity (Wildman–Crippen MR) is 63.6 cm³/mol. The van der Waals surface area contributed by atoms with Crippen molar-refractivity contribution in [1.82, 2.24) is 9.97 Å². The van der Waals surface area contributed by atoms with E-state index in [2.05, 4.69) is 9.97 Å². The van der Waals surface area contributed by atoms with E-state index in [1.54, 1.807) is 13.2 Å². The van der Waals surface area contributed by atoms with Crippen LogP contribution in [0.3, 0.4) is 0 Å². The summed E-state index contributed by atoms with van der Waals surface area (Å²) >= 11 is 0. The molecule has 0 aliphatic heterocycles. The SMILES string of the molecule is CCC(C)(OC)c1nc(C(C)C)cc(=O)[nH]1. The summed E-state index contributed by atoms with van der Waals surface area (Å²) in [5, 5.41) is 0. The van der Waals surface area contributed by atoms with Crippen molar-refractivity contribution in [3.8, 4) is 0 Å². The van der Waals surface area contributed by atoms with E-state index in [1.165, 1.54) is 0 Å². The Kier molecular flexibility index (Phi) is 3.86. The molecule has 0 fully saturated rings. The van der Waals surface area contributed by atoms with Crippen LogP contribution in [0.4, 0.5) is 0 Å². The molecule has 1 rings (SSSR count). The number of nitrogens with one attached hydrogen (secondary N) is 1. The molecule has 0 spiro atoms. The molecular formula is C12H20N2O2. The number of hydrogen-bond donors (Lipinski definition) is 1. The fourth-order valence-corrected chi connectivity index (χ4v) is 1.43. The molecule has 90 valence electrons. The molecule has 1 heterocycles. The van der Waals surface area contributed by atoms with Crippen LogP contribution < -0.4 is 5.56 Å². The minimum absolute atomic E-state index is 0.120. The lowest BCUT2D eigenvalue weighted by atomic mass is 10.0. The van der Waals surface area contributed by atoms with Gasteiger partial charge in [-0.2, -0.15) is 0 Å². The summed E-state index contributed by atoms with van der Waals surface area (Å²) in [6.07, 6.45) is 0.758. The van der Waals surface area contributed by atoms with Crippen LogP contribution in [0, 0.1) is 0 Å². The van der Waals surface area contributed by atoms with E-state index in [-0.39, 0.29) is 11.5 Å². The summed E-state index contributed by atoms with van der Waals surface area (Å²) < 4.78 is 5.43. The summed E-state index contributed by atoms with van der Waals surface area (Å²) in [7, 11) is 1.63. The number of H-pyrrole nitrogens is 1. The van der Waals surface area contributed by atoms with Gasteiger partial charge in [0, 0.05) is 13.2 Å². The fourth-order valence-electron chi connectivity index (χ4n) is 1.43. The Labute approximate surface area is 96.1 Å². The summed E-state index contributed by atoms with van der Waals surface area (Å²) in [4.78, 5) is 18.8. The van der Waals surface area contributed by atoms with Crippen molar-refractivity contribution >= 4 is 0 Å². The molecule has 0 aromatic carbocycles. The Bertz CT molecular complexity index is 406. The molecule has 0 amide bonds. The van der Waals surface area contributed by atoms with Crippen LogP contribution in [0.5, 0.6) is 0 Å². The Morgan fingerprint density at radius 3 is 2.62 bits per heavy atom. The number of hydrogen-bond acceptors (Lipinski definition) is 3.